The van der Waals surface area contributed by atoms with Gasteiger partial charge in [-0.05, 0) is 18.8 Å². The van der Waals surface area contributed by atoms with E-state index < -0.39 is 12.1 Å². The Morgan fingerprint density at radius 1 is 1.50 bits per heavy atom. The second-order valence-corrected chi connectivity index (χ2v) is 4.20. The molecule has 0 aliphatic heterocycles. The van der Waals surface area contributed by atoms with Crippen LogP contribution in [0.5, 0.6) is 0 Å². The van der Waals surface area contributed by atoms with Crippen molar-refractivity contribution < 1.29 is 19.8 Å². The van der Waals surface area contributed by atoms with E-state index in [4.69, 9.17) is 10.2 Å². The lowest BCUT2D eigenvalue weighted by atomic mass is 10.2. The van der Waals surface area contributed by atoms with E-state index in [-0.39, 0.29) is 19.0 Å². The number of carbonyl (C=O) groups excluding carboxylic acids is 1. The molecule has 0 spiro atoms. The molecule has 0 unspecified atom stereocenters. The highest BCUT2D eigenvalue weighted by atomic mass is 16.4. The van der Waals surface area contributed by atoms with Gasteiger partial charge in [0.25, 0.3) is 0 Å². The molecule has 1 aliphatic carbocycles. The third kappa shape index (κ3) is 4.48. The quantitative estimate of drug-likeness (QED) is 0.593. The molecule has 0 aromatic heterocycles. The van der Waals surface area contributed by atoms with Crippen molar-refractivity contribution in [3.63, 3.8) is 0 Å². The maximum Gasteiger partial charge on any atom is 0.332 e. The summed E-state index contributed by atoms with van der Waals surface area (Å²) in [5.74, 6) is -0.638. The molecule has 0 aromatic rings. The monoisotopic (exact) mass is 230 g/mol. The minimum atomic E-state index is -1.41. The third-order valence-corrected chi connectivity index (χ3v) is 2.55. The lowest BCUT2D eigenvalue weighted by Crippen LogP contribution is -2.40. The highest BCUT2D eigenvalue weighted by Gasteiger charge is 2.24. The summed E-state index contributed by atoms with van der Waals surface area (Å²) in [4.78, 5) is 23.3. The Hall–Kier alpha value is -1.30. The molecule has 1 saturated carbocycles. The first-order valence-electron chi connectivity index (χ1n) is 5.40. The zero-order valence-electron chi connectivity index (χ0n) is 9.35. The van der Waals surface area contributed by atoms with Crippen LogP contribution < -0.4 is 5.32 Å². The maximum absolute atomic E-state index is 11.4. The number of carbonyl (C=O) groups is 2. The fraction of sp³-hybridized carbons (Fsp3) is 0.800. The Morgan fingerprint density at radius 3 is 2.62 bits per heavy atom. The van der Waals surface area contributed by atoms with Crippen LogP contribution in [-0.2, 0) is 4.79 Å². The van der Waals surface area contributed by atoms with Crippen molar-refractivity contribution in [1.29, 1.82) is 0 Å². The minimum absolute atomic E-state index is 0.0261. The molecule has 6 nitrogen and oxygen atoms in total. The van der Waals surface area contributed by atoms with Crippen molar-refractivity contribution in [1.82, 2.24) is 10.2 Å². The summed E-state index contributed by atoms with van der Waals surface area (Å²) in [5, 5.41) is 19.9. The fourth-order valence-corrected chi connectivity index (χ4v) is 1.34. The number of carboxylic acid groups (broad SMARTS) is 1. The zero-order valence-corrected chi connectivity index (χ0v) is 9.35. The Labute approximate surface area is 94.2 Å². The van der Waals surface area contributed by atoms with Crippen molar-refractivity contribution in [2.75, 3.05) is 20.1 Å². The Balaban J connectivity index is 2.11. The van der Waals surface area contributed by atoms with Crippen LogP contribution in [0, 0.1) is 5.92 Å². The van der Waals surface area contributed by atoms with E-state index in [0.717, 1.165) is 6.54 Å². The van der Waals surface area contributed by atoms with Crippen molar-refractivity contribution in [2.24, 2.45) is 5.92 Å². The van der Waals surface area contributed by atoms with Gasteiger partial charge in [0.1, 0.15) is 0 Å². The van der Waals surface area contributed by atoms with Crippen molar-refractivity contribution in [3.8, 4) is 0 Å². The van der Waals surface area contributed by atoms with E-state index in [9.17, 15) is 9.59 Å². The summed E-state index contributed by atoms with van der Waals surface area (Å²) >= 11 is 0. The number of amides is 2. The number of hydrogen-bond donors (Lipinski definition) is 3. The third-order valence-electron chi connectivity index (χ3n) is 2.55. The van der Waals surface area contributed by atoms with Gasteiger partial charge < -0.3 is 20.4 Å². The molecule has 0 radical (unpaired) electrons. The van der Waals surface area contributed by atoms with Crippen LogP contribution in [0.3, 0.4) is 0 Å². The minimum Gasteiger partial charge on any atom is -0.479 e. The van der Waals surface area contributed by atoms with Crippen LogP contribution in [-0.4, -0.2) is 53.4 Å². The standard InChI is InChI=1S/C10H18N2O4/c1-12(6-7-2-3-7)10(16)11-5-4-8(13)9(14)15/h7-8,13H,2-6H2,1H3,(H,11,16)(H,14,15)/t8-/m0/s1. The van der Waals surface area contributed by atoms with Crippen molar-refractivity contribution in [3.05, 3.63) is 0 Å². The van der Waals surface area contributed by atoms with Crippen LogP contribution in [0.15, 0.2) is 0 Å². The zero-order chi connectivity index (χ0) is 12.1. The molecular formula is C10H18N2O4. The van der Waals surface area contributed by atoms with Gasteiger partial charge in [0.2, 0.25) is 0 Å². The van der Waals surface area contributed by atoms with Crippen LogP contribution in [0.1, 0.15) is 19.3 Å². The maximum atomic E-state index is 11.4. The fourth-order valence-electron chi connectivity index (χ4n) is 1.34. The molecule has 0 heterocycles. The lowest BCUT2D eigenvalue weighted by molar-refractivity contribution is -0.146. The smallest absolute Gasteiger partial charge is 0.332 e. The second kappa shape index (κ2) is 5.69. The number of rotatable bonds is 6. The molecular weight excluding hydrogens is 212 g/mol. The van der Waals surface area contributed by atoms with Crippen molar-refractivity contribution >= 4 is 12.0 Å². The number of carboxylic acids is 1. The van der Waals surface area contributed by atoms with Gasteiger partial charge in [0.05, 0.1) is 0 Å². The average molecular weight is 230 g/mol. The average Bonchev–Trinajstić information content (AvgIpc) is 3.00. The normalized spacial score (nSPS) is 16.6. The number of aliphatic hydroxyl groups excluding tert-OH is 1. The first kappa shape index (κ1) is 12.8. The largest absolute Gasteiger partial charge is 0.479 e. The Morgan fingerprint density at radius 2 is 2.12 bits per heavy atom. The number of nitrogens with zero attached hydrogens (tertiary/aromatic N) is 1. The van der Waals surface area contributed by atoms with E-state index >= 15 is 0 Å². The molecule has 1 fully saturated rings. The first-order valence-corrected chi connectivity index (χ1v) is 5.40. The van der Waals surface area contributed by atoms with E-state index in [2.05, 4.69) is 5.32 Å². The molecule has 0 aromatic carbocycles. The van der Waals surface area contributed by atoms with Gasteiger partial charge in [-0.2, -0.15) is 0 Å². The summed E-state index contributed by atoms with van der Waals surface area (Å²) in [5.41, 5.74) is 0. The Bertz CT molecular complexity index is 266. The van der Waals surface area contributed by atoms with E-state index in [1.807, 2.05) is 0 Å². The molecule has 2 amide bonds. The number of nitrogens with one attached hydrogen (secondary N) is 1. The molecule has 0 saturated heterocycles. The van der Waals surface area contributed by atoms with Gasteiger partial charge >= 0.3 is 12.0 Å². The summed E-state index contributed by atoms with van der Waals surface area (Å²) in [7, 11) is 1.71. The predicted octanol–water partition coefficient (Wildman–Crippen LogP) is -0.127. The summed E-state index contributed by atoms with van der Waals surface area (Å²) in [6.07, 6.45) is 0.970. The van der Waals surface area contributed by atoms with Gasteiger partial charge in [-0.25, -0.2) is 9.59 Å². The molecule has 92 valence electrons. The number of aliphatic carboxylic acids is 1. The van der Waals surface area contributed by atoms with Gasteiger partial charge in [-0.15, -0.1) is 0 Å². The highest BCUT2D eigenvalue weighted by molar-refractivity contribution is 5.74. The van der Waals surface area contributed by atoms with Gasteiger partial charge in [0, 0.05) is 26.6 Å². The number of hydrogen-bond acceptors (Lipinski definition) is 3. The van der Waals surface area contributed by atoms with Gasteiger partial charge in [0.15, 0.2) is 6.10 Å². The van der Waals surface area contributed by atoms with Gasteiger partial charge in [-0.1, -0.05) is 0 Å². The summed E-state index contributed by atoms with van der Waals surface area (Å²) < 4.78 is 0. The second-order valence-electron chi connectivity index (χ2n) is 4.20. The molecule has 0 bridgehead atoms. The number of urea groups is 1. The highest BCUT2D eigenvalue weighted by Crippen LogP contribution is 2.29. The van der Waals surface area contributed by atoms with Crippen LogP contribution in [0.4, 0.5) is 4.79 Å². The van der Waals surface area contributed by atoms with Crippen LogP contribution >= 0.6 is 0 Å². The van der Waals surface area contributed by atoms with Crippen LogP contribution in [0.25, 0.3) is 0 Å². The molecule has 1 atom stereocenters. The number of aliphatic hydroxyl groups is 1. The molecule has 3 N–H and O–H groups in total. The van der Waals surface area contributed by atoms with E-state index in [1.54, 1.807) is 11.9 Å². The lowest BCUT2D eigenvalue weighted by Gasteiger charge is -2.17. The molecule has 1 rings (SSSR count). The molecule has 6 heteroatoms. The molecule has 1 aliphatic rings. The van der Waals surface area contributed by atoms with Crippen LogP contribution in [0.2, 0.25) is 0 Å². The molecule has 16 heavy (non-hydrogen) atoms. The first-order chi connectivity index (χ1) is 7.50. The summed E-state index contributed by atoms with van der Waals surface area (Å²) in [6.45, 7) is 0.911. The predicted molar refractivity (Wildman–Crippen MR) is 57.0 cm³/mol. The summed E-state index contributed by atoms with van der Waals surface area (Å²) in [6, 6.07) is -0.218. The van der Waals surface area contributed by atoms with E-state index in [1.165, 1.54) is 12.8 Å². The van der Waals surface area contributed by atoms with Crippen molar-refractivity contribution in [2.45, 2.75) is 25.4 Å². The topological polar surface area (TPSA) is 89.9 Å². The van der Waals surface area contributed by atoms with E-state index in [0.29, 0.717) is 5.92 Å². The SMILES string of the molecule is CN(CC1CC1)C(=O)NCC[C@H](O)C(=O)O. The Kier molecular flexibility index (Phi) is 4.54. The van der Waals surface area contributed by atoms with Gasteiger partial charge in [-0.3, -0.25) is 0 Å².